The van der Waals surface area contributed by atoms with Gasteiger partial charge in [-0.05, 0) is 37.0 Å². The van der Waals surface area contributed by atoms with Crippen molar-refractivity contribution in [1.82, 2.24) is 9.55 Å². The Balaban J connectivity index is 1.74. The molecule has 0 aliphatic heterocycles. The number of hydrogen-bond acceptors (Lipinski definition) is 5. The van der Waals surface area contributed by atoms with Gasteiger partial charge < -0.3 is 10.2 Å². The van der Waals surface area contributed by atoms with Gasteiger partial charge in [0.05, 0.1) is 29.8 Å². The van der Waals surface area contributed by atoms with E-state index in [4.69, 9.17) is 15.1 Å². The zero-order valence-corrected chi connectivity index (χ0v) is 18.1. The minimum absolute atomic E-state index is 0.0234. The van der Waals surface area contributed by atoms with Crippen molar-refractivity contribution in [3.05, 3.63) is 69.9 Å². The van der Waals surface area contributed by atoms with E-state index in [1.165, 1.54) is 23.7 Å². The van der Waals surface area contributed by atoms with E-state index in [1.807, 2.05) is 12.1 Å². The molecule has 160 valence electrons. The molecule has 0 bridgehead atoms. The van der Waals surface area contributed by atoms with Crippen LogP contribution in [-0.2, 0) is 23.2 Å². The van der Waals surface area contributed by atoms with E-state index in [2.05, 4.69) is 18.2 Å². The van der Waals surface area contributed by atoms with Crippen molar-refractivity contribution in [3.63, 3.8) is 0 Å². The van der Waals surface area contributed by atoms with E-state index in [0.717, 1.165) is 48.9 Å². The molecule has 6 nitrogen and oxygen atoms in total. The van der Waals surface area contributed by atoms with Gasteiger partial charge in [0.2, 0.25) is 5.91 Å². The molecule has 7 heteroatoms. The van der Waals surface area contributed by atoms with E-state index in [1.54, 1.807) is 16.9 Å². The van der Waals surface area contributed by atoms with Gasteiger partial charge in [-0.3, -0.25) is 14.2 Å². The first-order valence-electron chi connectivity index (χ1n) is 10.7. The lowest BCUT2D eigenvalue weighted by molar-refractivity contribution is -0.115. The van der Waals surface area contributed by atoms with E-state index in [9.17, 15) is 9.59 Å². The van der Waals surface area contributed by atoms with Gasteiger partial charge in [-0.15, -0.1) is 0 Å². The number of nitrogens with zero attached hydrogens (tertiary/aromatic N) is 2. The van der Waals surface area contributed by atoms with Crippen molar-refractivity contribution in [1.29, 1.82) is 0 Å². The highest BCUT2D eigenvalue weighted by Crippen LogP contribution is 2.48. The first kappa shape index (κ1) is 20.1. The summed E-state index contributed by atoms with van der Waals surface area (Å²) in [4.78, 5) is 30.5. The van der Waals surface area contributed by atoms with Crippen molar-refractivity contribution >= 4 is 17.7 Å². The predicted molar refractivity (Wildman–Crippen MR) is 120 cm³/mol. The summed E-state index contributed by atoms with van der Waals surface area (Å²) in [5.74, 6) is 0.306. The lowest BCUT2D eigenvalue weighted by atomic mass is 9.62. The maximum absolute atomic E-state index is 14.0. The molecule has 1 saturated carbocycles. The number of primary amides is 1. The minimum atomic E-state index is -0.439. The monoisotopic (exact) mass is 435 g/mol. The summed E-state index contributed by atoms with van der Waals surface area (Å²) in [6.45, 7) is 0.283. The minimum Gasteiger partial charge on any atom is -0.467 e. The zero-order chi connectivity index (χ0) is 21.4. The largest absolute Gasteiger partial charge is 0.467 e. The van der Waals surface area contributed by atoms with Gasteiger partial charge in [-0.2, -0.15) is 0 Å². The molecule has 2 aliphatic carbocycles. The summed E-state index contributed by atoms with van der Waals surface area (Å²) in [6, 6.07) is 11.9. The van der Waals surface area contributed by atoms with Crippen molar-refractivity contribution in [2.45, 2.75) is 55.6 Å². The molecule has 2 N–H and O–H groups in total. The van der Waals surface area contributed by atoms with Gasteiger partial charge in [0.15, 0.2) is 5.16 Å². The fourth-order valence-corrected chi connectivity index (χ4v) is 5.90. The molecule has 2 aromatic heterocycles. The Bertz CT molecular complexity index is 1180. The second-order valence-corrected chi connectivity index (χ2v) is 9.46. The Morgan fingerprint density at radius 3 is 2.71 bits per heavy atom. The number of nitrogens with two attached hydrogens (primary N) is 1. The molecule has 2 heterocycles. The second kappa shape index (κ2) is 8.04. The molecule has 2 aliphatic rings. The smallest absolute Gasteiger partial charge is 0.258 e. The predicted octanol–water partition coefficient (Wildman–Crippen LogP) is 3.89. The normalized spacial score (nSPS) is 16.6. The van der Waals surface area contributed by atoms with Crippen LogP contribution in [-0.4, -0.2) is 21.2 Å². The molecular formula is C24H25N3O3S. The molecular weight excluding hydrogens is 410 g/mol. The number of thioether (sulfide) groups is 1. The van der Waals surface area contributed by atoms with Gasteiger partial charge in [-0.1, -0.05) is 55.3 Å². The maximum Gasteiger partial charge on any atom is 0.258 e. The Morgan fingerprint density at radius 1 is 1.16 bits per heavy atom. The van der Waals surface area contributed by atoms with Crippen molar-refractivity contribution in [2.75, 3.05) is 5.75 Å². The third-order valence-corrected chi connectivity index (χ3v) is 7.51. The summed E-state index contributed by atoms with van der Waals surface area (Å²) in [5.41, 5.74) is 9.08. The van der Waals surface area contributed by atoms with Crippen LogP contribution in [0, 0.1) is 0 Å². The number of carbonyl (C=O) groups is 1. The second-order valence-electron chi connectivity index (χ2n) is 8.52. The first-order chi connectivity index (χ1) is 15.1. The molecule has 1 aromatic carbocycles. The van der Waals surface area contributed by atoms with Crippen LogP contribution in [0.2, 0.25) is 0 Å². The highest BCUT2D eigenvalue weighted by Gasteiger charge is 2.43. The summed E-state index contributed by atoms with van der Waals surface area (Å²) in [7, 11) is 0. The number of furan rings is 1. The number of carbonyl (C=O) groups excluding carboxylic acids is 1. The van der Waals surface area contributed by atoms with Crippen LogP contribution in [0.15, 0.2) is 57.0 Å². The topological polar surface area (TPSA) is 91.1 Å². The number of rotatable bonds is 5. The van der Waals surface area contributed by atoms with E-state index in [-0.39, 0.29) is 23.3 Å². The van der Waals surface area contributed by atoms with E-state index >= 15 is 0 Å². The molecule has 3 aromatic rings. The number of benzene rings is 1. The molecule has 5 rings (SSSR count). The average Bonchev–Trinajstić information content (AvgIpc) is 3.28. The van der Waals surface area contributed by atoms with E-state index < -0.39 is 5.91 Å². The third kappa shape index (κ3) is 3.61. The summed E-state index contributed by atoms with van der Waals surface area (Å²) in [6.07, 6.45) is 7.93. The van der Waals surface area contributed by atoms with Crippen LogP contribution in [0.25, 0.3) is 11.3 Å². The van der Waals surface area contributed by atoms with Crippen LogP contribution < -0.4 is 11.3 Å². The average molecular weight is 436 g/mol. The Hall–Kier alpha value is -2.80. The van der Waals surface area contributed by atoms with Gasteiger partial charge in [0.25, 0.3) is 5.56 Å². The highest BCUT2D eigenvalue weighted by molar-refractivity contribution is 7.99. The van der Waals surface area contributed by atoms with Crippen molar-refractivity contribution in [3.8, 4) is 11.3 Å². The van der Waals surface area contributed by atoms with Crippen molar-refractivity contribution < 1.29 is 9.21 Å². The molecule has 0 unspecified atom stereocenters. The number of hydrogen-bond donors (Lipinski definition) is 1. The standard InChI is InChI=1S/C24H25N3O3S/c25-19(28)15-31-23-26-21-18-9-3-2-7-16(18)13-24(10-4-1-5-11-24)20(21)22(29)27(23)14-17-8-6-12-30-17/h2-3,6-9,12H,1,4-5,10-11,13-15H2,(H2,25,28). The van der Waals surface area contributed by atoms with Gasteiger partial charge in [0.1, 0.15) is 5.76 Å². The summed E-state index contributed by atoms with van der Waals surface area (Å²) >= 11 is 1.21. The molecule has 0 saturated heterocycles. The van der Waals surface area contributed by atoms with Crippen LogP contribution in [0.5, 0.6) is 0 Å². The SMILES string of the molecule is NC(=O)CSc1nc2c(c(=O)n1Cc1ccco1)C1(CCCCC1)Cc1ccccc1-2. The fraction of sp³-hybridized carbons (Fsp3) is 0.375. The maximum atomic E-state index is 14.0. The van der Waals surface area contributed by atoms with E-state index in [0.29, 0.717) is 10.9 Å². The van der Waals surface area contributed by atoms with Crippen LogP contribution >= 0.6 is 11.8 Å². The van der Waals surface area contributed by atoms with Crippen LogP contribution in [0.3, 0.4) is 0 Å². The molecule has 0 atom stereocenters. The highest BCUT2D eigenvalue weighted by atomic mass is 32.2. The summed E-state index contributed by atoms with van der Waals surface area (Å²) < 4.78 is 7.18. The molecule has 0 radical (unpaired) electrons. The van der Waals surface area contributed by atoms with Gasteiger partial charge in [-0.25, -0.2) is 4.98 Å². The lowest BCUT2D eigenvalue weighted by Gasteiger charge is -2.42. The summed E-state index contributed by atoms with van der Waals surface area (Å²) in [5, 5.41) is 0.501. The number of aromatic nitrogens is 2. The van der Waals surface area contributed by atoms with Gasteiger partial charge >= 0.3 is 0 Å². The van der Waals surface area contributed by atoms with Crippen LogP contribution in [0.1, 0.15) is 49.0 Å². The first-order valence-corrected chi connectivity index (χ1v) is 11.7. The fourth-order valence-electron chi connectivity index (χ4n) is 5.17. The molecule has 31 heavy (non-hydrogen) atoms. The zero-order valence-electron chi connectivity index (χ0n) is 17.3. The Morgan fingerprint density at radius 2 is 1.97 bits per heavy atom. The number of amides is 1. The quantitative estimate of drug-likeness (QED) is 0.485. The van der Waals surface area contributed by atoms with Crippen LogP contribution in [0.4, 0.5) is 0 Å². The Kier molecular flexibility index (Phi) is 5.22. The third-order valence-electron chi connectivity index (χ3n) is 6.51. The van der Waals surface area contributed by atoms with Crippen molar-refractivity contribution in [2.24, 2.45) is 5.73 Å². The lowest BCUT2D eigenvalue weighted by Crippen LogP contribution is -2.43. The van der Waals surface area contributed by atoms with Gasteiger partial charge in [0, 0.05) is 11.0 Å². The molecule has 1 fully saturated rings. The molecule has 1 amide bonds. The Labute approximate surface area is 184 Å². The number of fused-ring (bicyclic) bond motifs is 4. The molecule has 1 spiro atoms.